The molecule has 1 amide bonds. The summed E-state index contributed by atoms with van der Waals surface area (Å²) < 4.78 is 70.0. The van der Waals surface area contributed by atoms with Gasteiger partial charge in [-0.2, -0.15) is 13.2 Å². The second kappa shape index (κ2) is 10.5. The lowest BCUT2D eigenvalue weighted by atomic mass is 10.0. The van der Waals surface area contributed by atoms with E-state index in [-0.39, 0.29) is 40.2 Å². The van der Waals surface area contributed by atoms with Gasteiger partial charge in [0.2, 0.25) is 5.88 Å². The van der Waals surface area contributed by atoms with Gasteiger partial charge in [-0.15, -0.1) is 0 Å². The van der Waals surface area contributed by atoms with Crippen LogP contribution >= 0.6 is 11.6 Å². The Morgan fingerprint density at radius 1 is 1.17 bits per heavy atom. The molecule has 0 atom stereocenters. The van der Waals surface area contributed by atoms with Crippen molar-refractivity contribution < 1.29 is 31.8 Å². The number of amides is 1. The summed E-state index contributed by atoms with van der Waals surface area (Å²) in [7, 11) is 1.53. The van der Waals surface area contributed by atoms with Gasteiger partial charge in [0.05, 0.1) is 12.1 Å². The van der Waals surface area contributed by atoms with Crippen molar-refractivity contribution in [2.75, 3.05) is 20.3 Å². The summed E-state index contributed by atoms with van der Waals surface area (Å²) in [5.74, 6) is -1.21. The molecule has 36 heavy (non-hydrogen) atoms. The fourth-order valence-electron chi connectivity index (χ4n) is 4.49. The van der Waals surface area contributed by atoms with Crippen LogP contribution in [0.3, 0.4) is 0 Å². The molecule has 0 bridgehead atoms. The summed E-state index contributed by atoms with van der Waals surface area (Å²) >= 11 is 5.88. The van der Waals surface area contributed by atoms with Gasteiger partial charge in [-0.3, -0.25) is 0 Å². The van der Waals surface area contributed by atoms with Gasteiger partial charge in [-0.1, -0.05) is 41.9 Å². The predicted octanol–water partition coefficient (Wildman–Crippen LogP) is 6.93. The fraction of sp³-hybridized carbons (Fsp3) is 0.346. The molecule has 1 saturated heterocycles. The zero-order valence-electron chi connectivity index (χ0n) is 19.7. The van der Waals surface area contributed by atoms with Crippen LogP contribution < -0.4 is 4.74 Å². The van der Waals surface area contributed by atoms with Crippen molar-refractivity contribution in [3.05, 3.63) is 76.2 Å². The van der Waals surface area contributed by atoms with Crippen molar-refractivity contribution in [2.45, 2.75) is 38.5 Å². The van der Waals surface area contributed by atoms with Crippen molar-refractivity contribution in [3.63, 3.8) is 0 Å². The molecule has 192 valence electrons. The first kappa shape index (κ1) is 26.0. The Kier molecular flexibility index (Phi) is 7.61. The van der Waals surface area contributed by atoms with Crippen LogP contribution in [0.25, 0.3) is 11.1 Å². The molecule has 0 unspecified atom stereocenters. The van der Waals surface area contributed by atoms with Gasteiger partial charge >= 0.3 is 12.3 Å². The van der Waals surface area contributed by atoms with Gasteiger partial charge in [0, 0.05) is 36.9 Å². The van der Waals surface area contributed by atoms with E-state index in [0.717, 1.165) is 10.6 Å². The third-order valence-electron chi connectivity index (χ3n) is 6.32. The number of aromatic nitrogens is 1. The van der Waals surface area contributed by atoms with Crippen LogP contribution in [0.4, 0.5) is 22.4 Å². The molecule has 1 aromatic heterocycles. The average Bonchev–Trinajstić information content (AvgIpc) is 3.10. The van der Waals surface area contributed by atoms with E-state index < -0.39 is 23.8 Å². The second-order valence-corrected chi connectivity index (χ2v) is 9.11. The Bertz CT molecular complexity index is 1240. The summed E-state index contributed by atoms with van der Waals surface area (Å²) in [4.78, 5) is 14.5. The number of hydrogen-bond acceptors (Lipinski definition) is 3. The summed E-state index contributed by atoms with van der Waals surface area (Å²) in [6.07, 6.45) is -4.49. The highest BCUT2D eigenvalue weighted by molar-refractivity contribution is 6.30. The van der Waals surface area contributed by atoms with Crippen LogP contribution in [0.2, 0.25) is 5.02 Å². The number of carbonyl (C=O) groups is 1. The topological polar surface area (TPSA) is 43.7 Å². The molecule has 0 spiro atoms. The molecule has 5 nitrogen and oxygen atoms in total. The number of nitrogens with zero attached hydrogens (tertiary/aromatic N) is 2. The van der Waals surface area contributed by atoms with Crippen LogP contribution in [-0.4, -0.2) is 41.9 Å². The molecule has 1 fully saturated rings. The largest absolute Gasteiger partial charge is 0.431 e. The lowest BCUT2D eigenvalue weighted by molar-refractivity contribution is -0.144. The Labute approximate surface area is 211 Å². The number of ether oxygens (including phenoxy) is 2. The highest BCUT2D eigenvalue weighted by Gasteiger charge is 2.41. The van der Waals surface area contributed by atoms with Crippen LogP contribution in [0.15, 0.2) is 48.5 Å². The Morgan fingerprint density at radius 3 is 2.44 bits per heavy atom. The normalized spacial score (nSPS) is 14.6. The molecular formula is C26H25ClF4N2O3. The van der Waals surface area contributed by atoms with E-state index in [9.17, 15) is 18.0 Å². The summed E-state index contributed by atoms with van der Waals surface area (Å²) in [5, 5.41) is 0.0893. The number of halogens is 5. The van der Waals surface area contributed by atoms with E-state index in [0.29, 0.717) is 31.6 Å². The minimum Gasteiger partial charge on any atom is -0.392 e. The van der Waals surface area contributed by atoms with Crippen LogP contribution in [0.1, 0.15) is 29.7 Å². The zero-order valence-corrected chi connectivity index (χ0v) is 20.5. The molecule has 0 N–H and O–H groups in total. The van der Waals surface area contributed by atoms with E-state index in [2.05, 4.69) is 0 Å². The number of carbonyl (C=O) groups excluding carboxylic acids is 1. The van der Waals surface area contributed by atoms with E-state index >= 15 is 4.39 Å². The van der Waals surface area contributed by atoms with Gasteiger partial charge in [-0.05, 0) is 49.1 Å². The Morgan fingerprint density at radius 2 is 1.83 bits per heavy atom. The Hall–Kier alpha value is -3.04. The number of benzene rings is 2. The molecule has 2 aromatic carbocycles. The molecule has 4 rings (SSSR count). The average molecular weight is 525 g/mol. The van der Waals surface area contributed by atoms with Crippen molar-refractivity contribution in [3.8, 4) is 17.0 Å². The second-order valence-electron chi connectivity index (χ2n) is 8.67. The van der Waals surface area contributed by atoms with Gasteiger partial charge < -0.3 is 18.9 Å². The van der Waals surface area contributed by atoms with Crippen molar-refractivity contribution in [1.82, 2.24) is 9.47 Å². The first-order valence-corrected chi connectivity index (χ1v) is 11.8. The van der Waals surface area contributed by atoms with Crippen molar-refractivity contribution >= 4 is 17.7 Å². The first-order chi connectivity index (χ1) is 17.1. The fourth-order valence-corrected chi connectivity index (χ4v) is 4.65. The smallest absolute Gasteiger partial charge is 0.392 e. The minimum absolute atomic E-state index is 0.0893. The quantitative estimate of drug-likeness (QED) is 0.340. The molecule has 3 aromatic rings. The zero-order chi connectivity index (χ0) is 26.0. The number of hydrogen-bond donors (Lipinski definition) is 0. The van der Waals surface area contributed by atoms with Crippen LogP contribution in [-0.2, 0) is 17.5 Å². The van der Waals surface area contributed by atoms with Gasteiger partial charge in [0.1, 0.15) is 11.5 Å². The van der Waals surface area contributed by atoms with Crippen LogP contribution in [0.5, 0.6) is 5.88 Å². The van der Waals surface area contributed by atoms with E-state index in [1.54, 1.807) is 30.3 Å². The molecule has 1 aliphatic rings. The highest BCUT2D eigenvalue weighted by atomic mass is 35.5. The van der Waals surface area contributed by atoms with E-state index in [1.165, 1.54) is 31.0 Å². The number of alkyl halides is 3. The lowest BCUT2D eigenvalue weighted by Gasteiger charge is -2.30. The molecular weight excluding hydrogens is 500 g/mol. The summed E-state index contributed by atoms with van der Waals surface area (Å²) in [6, 6.07) is 11.9. The van der Waals surface area contributed by atoms with Crippen molar-refractivity contribution in [2.24, 2.45) is 0 Å². The molecule has 0 radical (unpaired) electrons. The standard InChI is InChI=1S/C26H25ClF4N2O3/c1-16-22(20-9-8-18(27)14-21(20)28)24(36-25(34)32(2)19-10-12-35-13-11-19)33(23(16)26(29,30)31)15-17-6-4-3-5-7-17/h3-9,14,19H,10-13,15H2,1-2H3. The first-order valence-electron chi connectivity index (χ1n) is 11.4. The predicted molar refractivity (Wildman–Crippen MR) is 128 cm³/mol. The third kappa shape index (κ3) is 5.37. The monoisotopic (exact) mass is 524 g/mol. The van der Waals surface area contributed by atoms with E-state index in [4.69, 9.17) is 21.1 Å². The SMILES string of the molecule is Cc1c(-c2ccc(Cl)cc2F)c(OC(=O)N(C)C2CCOCC2)n(Cc2ccccc2)c1C(F)(F)F. The molecule has 2 heterocycles. The van der Waals surface area contributed by atoms with Gasteiger partial charge in [-0.25, -0.2) is 9.18 Å². The summed E-state index contributed by atoms with van der Waals surface area (Å²) in [5.41, 5.74) is -1.02. The number of rotatable bonds is 5. The molecule has 1 aliphatic heterocycles. The maximum absolute atomic E-state index is 15.0. The summed E-state index contributed by atoms with van der Waals surface area (Å²) in [6.45, 7) is 1.93. The van der Waals surface area contributed by atoms with Gasteiger partial charge in [0.25, 0.3) is 0 Å². The molecule has 10 heteroatoms. The van der Waals surface area contributed by atoms with E-state index in [1.807, 2.05) is 0 Å². The third-order valence-corrected chi connectivity index (χ3v) is 6.56. The molecule has 0 saturated carbocycles. The van der Waals surface area contributed by atoms with Crippen LogP contribution in [0, 0.1) is 12.7 Å². The van der Waals surface area contributed by atoms with Crippen molar-refractivity contribution in [1.29, 1.82) is 0 Å². The highest BCUT2D eigenvalue weighted by Crippen LogP contribution is 2.46. The minimum atomic E-state index is -4.80. The van der Waals surface area contributed by atoms with Gasteiger partial charge in [0.15, 0.2) is 0 Å². The maximum Gasteiger partial charge on any atom is 0.431 e. The maximum atomic E-state index is 15.0. The Balaban J connectivity index is 1.88. The lowest BCUT2D eigenvalue weighted by Crippen LogP contribution is -2.42. The molecule has 0 aliphatic carbocycles.